The molecule has 162 valence electrons. The van der Waals surface area contributed by atoms with Gasteiger partial charge in [0.15, 0.2) is 0 Å². The van der Waals surface area contributed by atoms with E-state index < -0.39 is 0 Å². The predicted octanol–water partition coefficient (Wildman–Crippen LogP) is 3.95. The van der Waals surface area contributed by atoms with Crippen LogP contribution in [0, 0.1) is 0 Å². The molecule has 2 aromatic heterocycles. The molecule has 0 spiro atoms. The standard InChI is InChI=1S/C23H21ClN6OS/c24-21-17-6-1-2-7-19(17)32-20(21)14-29-8-10-30(11-9-29)22(31)16-5-3-4-15(12-16)18-13-26-28-23(25)27-18/h1-7,12-13H,8-11,14H2,(H2,25,27,28). The van der Waals surface area contributed by atoms with Crippen LogP contribution in [0.1, 0.15) is 15.2 Å². The predicted molar refractivity (Wildman–Crippen MR) is 128 cm³/mol. The van der Waals surface area contributed by atoms with E-state index >= 15 is 0 Å². The van der Waals surface area contributed by atoms with Gasteiger partial charge >= 0.3 is 0 Å². The first-order chi connectivity index (χ1) is 15.6. The second-order valence-corrected chi connectivity index (χ2v) is 9.20. The number of aromatic nitrogens is 3. The highest BCUT2D eigenvalue weighted by Crippen LogP contribution is 2.36. The Morgan fingerprint density at radius 3 is 2.69 bits per heavy atom. The Labute approximate surface area is 194 Å². The normalized spacial score (nSPS) is 14.7. The highest BCUT2D eigenvalue weighted by molar-refractivity contribution is 7.19. The monoisotopic (exact) mass is 464 g/mol. The number of carbonyl (C=O) groups is 1. The smallest absolute Gasteiger partial charge is 0.253 e. The van der Waals surface area contributed by atoms with Crippen LogP contribution in [0.3, 0.4) is 0 Å². The molecule has 0 bridgehead atoms. The molecule has 5 rings (SSSR count). The summed E-state index contributed by atoms with van der Waals surface area (Å²) in [6, 6.07) is 15.6. The molecule has 0 aliphatic carbocycles. The Bertz CT molecular complexity index is 1280. The van der Waals surface area contributed by atoms with E-state index in [4.69, 9.17) is 17.3 Å². The van der Waals surface area contributed by atoms with Crippen molar-refractivity contribution in [3.8, 4) is 11.3 Å². The molecule has 2 aromatic carbocycles. The number of anilines is 1. The zero-order chi connectivity index (χ0) is 22.1. The van der Waals surface area contributed by atoms with E-state index in [0.717, 1.165) is 35.6 Å². The molecule has 0 unspecified atom stereocenters. The van der Waals surface area contributed by atoms with Crippen LogP contribution >= 0.6 is 22.9 Å². The van der Waals surface area contributed by atoms with E-state index in [2.05, 4.69) is 32.2 Å². The first-order valence-corrected chi connectivity index (χ1v) is 11.5. The second-order valence-electron chi connectivity index (χ2n) is 7.68. The molecule has 3 heterocycles. The van der Waals surface area contributed by atoms with Crippen LogP contribution < -0.4 is 5.73 Å². The average Bonchev–Trinajstić information content (AvgIpc) is 3.14. The van der Waals surface area contributed by atoms with Gasteiger partial charge in [-0.05, 0) is 18.2 Å². The van der Waals surface area contributed by atoms with E-state index in [-0.39, 0.29) is 11.9 Å². The van der Waals surface area contributed by atoms with Crippen molar-refractivity contribution < 1.29 is 4.79 Å². The minimum atomic E-state index is 0.0152. The summed E-state index contributed by atoms with van der Waals surface area (Å²) in [6.45, 7) is 3.77. The lowest BCUT2D eigenvalue weighted by molar-refractivity contribution is 0.0629. The Balaban J connectivity index is 1.25. The molecule has 9 heteroatoms. The van der Waals surface area contributed by atoms with Crippen LogP contribution in [0.25, 0.3) is 21.3 Å². The number of hydrogen-bond acceptors (Lipinski definition) is 7. The van der Waals surface area contributed by atoms with Gasteiger partial charge in [0.05, 0.1) is 16.9 Å². The first kappa shape index (κ1) is 20.8. The van der Waals surface area contributed by atoms with E-state index in [1.54, 1.807) is 11.3 Å². The third-order valence-corrected chi connectivity index (χ3v) is 7.31. The maximum absolute atomic E-state index is 13.1. The lowest BCUT2D eigenvalue weighted by Gasteiger charge is -2.34. The van der Waals surface area contributed by atoms with Crippen LogP contribution in [0.2, 0.25) is 5.02 Å². The third kappa shape index (κ3) is 4.17. The number of piperazine rings is 1. The van der Waals surface area contributed by atoms with Crippen molar-refractivity contribution in [2.24, 2.45) is 0 Å². The van der Waals surface area contributed by atoms with Crippen molar-refractivity contribution in [1.82, 2.24) is 25.0 Å². The number of carbonyl (C=O) groups excluding carboxylic acids is 1. The third-order valence-electron chi connectivity index (χ3n) is 5.61. The molecule has 2 N–H and O–H groups in total. The second kappa shape index (κ2) is 8.82. The molecule has 1 aliphatic rings. The van der Waals surface area contributed by atoms with Crippen molar-refractivity contribution in [3.63, 3.8) is 0 Å². The van der Waals surface area contributed by atoms with Crippen LogP contribution in [-0.4, -0.2) is 57.1 Å². The molecule has 1 saturated heterocycles. The quantitative estimate of drug-likeness (QED) is 0.492. The van der Waals surface area contributed by atoms with Crippen molar-refractivity contribution in [1.29, 1.82) is 0 Å². The number of hydrogen-bond donors (Lipinski definition) is 1. The molecule has 7 nitrogen and oxygen atoms in total. The molecule has 0 atom stereocenters. The van der Waals surface area contributed by atoms with Gasteiger partial charge in [-0.2, -0.15) is 5.10 Å². The fourth-order valence-corrected chi connectivity index (χ4v) is 5.46. The van der Waals surface area contributed by atoms with Gasteiger partial charge in [0.2, 0.25) is 5.95 Å². The van der Waals surface area contributed by atoms with Crippen molar-refractivity contribution in [3.05, 3.63) is 70.2 Å². The summed E-state index contributed by atoms with van der Waals surface area (Å²) in [5.41, 5.74) is 7.65. The lowest BCUT2D eigenvalue weighted by Crippen LogP contribution is -2.48. The Morgan fingerprint density at radius 2 is 1.91 bits per heavy atom. The van der Waals surface area contributed by atoms with E-state index in [1.807, 2.05) is 41.3 Å². The van der Waals surface area contributed by atoms with Gasteiger partial charge in [-0.1, -0.05) is 41.9 Å². The number of halogens is 1. The van der Waals surface area contributed by atoms with Gasteiger partial charge in [-0.25, -0.2) is 4.98 Å². The summed E-state index contributed by atoms with van der Waals surface area (Å²) in [5.74, 6) is 0.121. The molecular weight excluding hydrogens is 444 g/mol. The summed E-state index contributed by atoms with van der Waals surface area (Å²) in [7, 11) is 0. The largest absolute Gasteiger partial charge is 0.366 e. The number of thiophene rings is 1. The topological polar surface area (TPSA) is 88.2 Å². The highest BCUT2D eigenvalue weighted by Gasteiger charge is 2.24. The Morgan fingerprint density at radius 1 is 1.09 bits per heavy atom. The van der Waals surface area contributed by atoms with Crippen molar-refractivity contribution in [2.45, 2.75) is 6.54 Å². The number of amides is 1. The first-order valence-electron chi connectivity index (χ1n) is 10.3. The zero-order valence-electron chi connectivity index (χ0n) is 17.2. The average molecular weight is 465 g/mol. The number of nitrogens with two attached hydrogens (primary N) is 1. The number of nitrogens with zero attached hydrogens (tertiary/aromatic N) is 5. The van der Waals surface area contributed by atoms with Crippen molar-refractivity contribution >= 4 is 44.9 Å². The maximum atomic E-state index is 13.1. The number of rotatable bonds is 4. The number of nitrogen functional groups attached to an aromatic ring is 1. The van der Waals surface area contributed by atoms with Gasteiger partial charge in [0.1, 0.15) is 0 Å². The van der Waals surface area contributed by atoms with Gasteiger partial charge in [0.25, 0.3) is 5.91 Å². The molecular formula is C23H21ClN6OS. The van der Waals surface area contributed by atoms with Crippen LogP contribution in [-0.2, 0) is 6.54 Å². The molecule has 32 heavy (non-hydrogen) atoms. The molecule has 0 radical (unpaired) electrons. The summed E-state index contributed by atoms with van der Waals surface area (Å²) in [5, 5.41) is 9.48. The van der Waals surface area contributed by atoms with Gasteiger partial charge in [0, 0.05) is 58.8 Å². The van der Waals surface area contributed by atoms with E-state index in [9.17, 15) is 4.79 Å². The van der Waals surface area contributed by atoms with E-state index in [0.29, 0.717) is 24.3 Å². The summed E-state index contributed by atoms with van der Waals surface area (Å²) in [4.78, 5) is 22.7. The molecule has 1 fully saturated rings. The fourth-order valence-electron chi connectivity index (χ4n) is 3.93. The van der Waals surface area contributed by atoms with Crippen LogP contribution in [0.5, 0.6) is 0 Å². The Hall–Kier alpha value is -3.07. The summed E-state index contributed by atoms with van der Waals surface area (Å²) in [6.07, 6.45) is 1.54. The zero-order valence-corrected chi connectivity index (χ0v) is 18.8. The lowest BCUT2D eigenvalue weighted by atomic mass is 10.1. The maximum Gasteiger partial charge on any atom is 0.253 e. The minimum Gasteiger partial charge on any atom is -0.366 e. The fraction of sp³-hybridized carbons (Fsp3) is 0.217. The van der Waals surface area contributed by atoms with E-state index in [1.165, 1.54) is 15.8 Å². The van der Waals surface area contributed by atoms with Crippen molar-refractivity contribution in [2.75, 3.05) is 31.9 Å². The van der Waals surface area contributed by atoms with Gasteiger partial charge < -0.3 is 10.6 Å². The minimum absolute atomic E-state index is 0.0152. The molecule has 1 aliphatic heterocycles. The molecule has 0 saturated carbocycles. The van der Waals surface area contributed by atoms with Gasteiger partial charge in [-0.3, -0.25) is 9.69 Å². The number of benzene rings is 2. The molecule has 4 aromatic rings. The van der Waals surface area contributed by atoms with Crippen LogP contribution in [0.15, 0.2) is 54.7 Å². The molecule has 1 amide bonds. The highest BCUT2D eigenvalue weighted by atomic mass is 35.5. The van der Waals surface area contributed by atoms with Crippen LogP contribution in [0.4, 0.5) is 5.95 Å². The number of fused-ring (bicyclic) bond motifs is 1. The summed E-state index contributed by atoms with van der Waals surface area (Å²) >= 11 is 8.35. The Kier molecular flexibility index (Phi) is 5.73. The SMILES string of the molecule is Nc1nncc(-c2cccc(C(=O)N3CCN(Cc4sc5ccccc5c4Cl)CC3)c2)n1. The summed E-state index contributed by atoms with van der Waals surface area (Å²) < 4.78 is 1.21. The van der Waals surface area contributed by atoms with Gasteiger partial charge in [-0.15, -0.1) is 16.4 Å².